The van der Waals surface area contributed by atoms with E-state index in [1.807, 2.05) is 6.92 Å². The van der Waals surface area contributed by atoms with Crippen LogP contribution in [0, 0.1) is 0 Å². The fraction of sp³-hybridized carbons (Fsp3) is 0.385. The van der Waals surface area contributed by atoms with E-state index in [1.165, 1.54) is 16.8 Å². The van der Waals surface area contributed by atoms with E-state index in [0.29, 0.717) is 12.2 Å². The van der Waals surface area contributed by atoms with Gasteiger partial charge in [-0.1, -0.05) is 42.5 Å². The highest BCUT2D eigenvalue weighted by Gasteiger charge is 2.32. The Morgan fingerprint density at radius 2 is 2.00 bits per heavy atom. The molecule has 0 radical (unpaired) electrons. The maximum atomic E-state index is 14.0. The quantitative estimate of drug-likeness (QED) is 0.871. The van der Waals surface area contributed by atoms with Gasteiger partial charge in [0, 0.05) is 12.1 Å². The molecular formula is C13H16F2N4. The molecule has 4 nitrogen and oxygen atoms in total. The molecule has 0 aliphatic rings. The van der Waals surface area contributed by atoms with Gasteiger partial charge >= 0.3 is 0 Å². The van der Waals surface area contributed by atoms with Crippen molar-refractivity contribution in [3.05, 3.63) is 47.8 Å². The number of nitrogens with zero attached hydrogens (tertiary/aromatic N) is 3. The van der Waals surface area contributed by atoms with Crippen molar-refractivity contribution in [1.82, 2.24) is 20.3 Å². The summed E-state index contributed by atoms with van der Waals surface area (Å²) in [5.41, 5.74) is 0.643. The molecule has 0 atom stereocenters. The molecule has 0 amide bonds. The monoisotopic (exact) mass is 266 g/mol. The first-order valence-electron chi connectivity index (χ1n) is 6.15. The molecule has 6 heteroatoms. The van der Waals surface area contributed by atoms with Crippen LogP contribution in [0.1, 0.15) is 18.2 Å². The molecule has 102 valence electrons. The first-order chi connectivity index (χ1) is 9.12. The van der Waals surface area contributed by atoms with Crippen LogP contribution in [-0.2, 0) is 19.0 Å². The fourth-order valence-corrected chi connectivity index (χ4v) is 1.73. The molecule has 0 aliphatic heterocycles. The molecule has 19 heavy (non-hydrogen) atoms. The summed E-state index contributed by atoms with van der Waals surface area (Å²) in [7, 11) is 0. The van der Waals surface area contributed by atoms with Gasteiger partial charge in [0.15, 0.2) is 0 Å². The zero-order chi connectivity index (χ0) is 13.7. The zero-order valence-corrected chi connectivity index (χ0v) is 10.7. The van der Waals surface area contributed by atoms with Crippen molar-refractivity contribution in [2.45, 2.75) is 25.9 Å². The summed E-state index contributed by atoms with van der Waals surface area (Å²) in [6.07, 6.45) is 1.54. The van der Waals surface area contributed by atoms with E-state index < -0.39 is 12.5 Å². The lowest BCUT2D eigenvalue weighted by Crippen LogP contribution is -2.21. The lowest BCUT2D eigenvalue weighted by molar-refractivity contribution is -0.0258. The summed E-state index contributed by atoms with van der Waals surface area (Å²) in [5, 5.41) is 10.6. The van der Waals surface area contributed by atoms with Gasteiger partial charge in [0.25, 0.3) is 5.92 Å². The van der Waals surface area contributed by atoms with Crippen LogP contribution in [-0.4, -0.2) is 21.5 Å². The van der Waals surface area contributed by atoms with Crippen LogP contribution in [0.2, 0.25) is 0 Å². The molecule has 0 saturated heterocycles. The zero-order valence-electron chi connectivity index (χ0n) is 10.7. The van der Waals surface area contributed by atoms with Crippen LogP contribution >= 0.6 is 0 Å². The Labute approximate surface area is 110 Å². The predicted molar refractivity (Wildman–Crippen MR) is 67.7 cm³/mol. The van der Waals surface area contributed by atoms with Crippen LogP contribution < -0.4 is 5.32 Å². The van der Waals surface area contributed by atoms with Crippen molar-refractivity contribution in [3.8, 4) is 0 Å². The van der Waals surface area contributed by atoms with Gasteiger partial charge in [-0.05, 0) is 6.54 Å². The first-order valence-corrected chi connectivity index (χ1v) is 6.15. The van der Waals surface area contributed by atoms with Gasteiger partial charge < -0.3 is 5.32 Å². The van der Waals surface area contributed by atoms with Crippen molar-refractivity contribution < 1.29 is 8.78 Å². The second-order valence-corrected chi connectivity index (χ2v) is 4.26. The summed E-state index contributed by atoms with van der Waals surface area (Å²) >= 11 is 0. The average Bonchev–Trinajstić information content (AvgIpc) is 2.84. The molecule has 1 aromatic heterocycles. The van der Waals surface area contributed by atoms with Crippen molar-refractivity contribution in [2.24, 2.45) is 0 Å². The Morgan fingerprint density at radius 3 is 2.68 bits per heavy atom. The largest absolute Gasteiger partial charge is 0.311 e. The normalized spacial score (nSPS) is 11.7. The van der Waals surface area contributed by atoms with E-state index in [9.17, 15) is 8.78 Å². The number of halogens is 2. The molecule has 2 aromatic rings. The van der Waals surface area contributed by atoms with Gasteiger partial charge in [-0.3, -0.25) is 0 Å². The Hall–Kier alpha value is -1.82. The maximum Gasteiger partial charge on any atom is 0.292 e. The number of benzene rings is 1. The van der Waals surface area contributed by atoms with Crippen LogP contribution in [0.25, 0.3) is 0 Å². The lowest BCUT2D eigenvalue weighted by Gasteiger charge is -2.15. The molecule has 0 unspecified atom stereocenters. The van der Waals surface area contributed by atoms with E-state index in [1.54, 1.807) is 24.4 Å². The molecule has 0 fully saturated rings. The second kappa shape index (κ2) is 5.88. The molecule has 2 rings (SSSR count). The summed E-state index contributed by atoms with van der Waals surface area (Å²) < 4.78 is 29.2. The molecule has 0 aliphatic carbocycles. The minimum Gasteiger partial charge on any atom is -0.311 e. The molecule has 1 N–H and O–H groups in total. The van der Waals surface area contributed by atoms with Crippen molar-refractivity contribution in [1.29, 1.82) is 0 Å². The molecule has 0 saturated carbocycles. The molecule has 0 bridgehead atoms. The van der Waals surface area contributed by atoms with Crippen molar-refractivity contribution >= 4 is 0 Å². The van der Waals surface area contributed by atoms with Gasteiger partial charge in [-0.15, -0.1) is 5.10 Å². The SMILES string of the molecule is CCNCc1cn(CC(F)(F)c2ccccc2)nn1. The van der Waals surface area contributed by atoms with Gasteiger partial charge in [-0.25, -0.2) is 4.68 Å². The molecular weight excluding hydrogens is 250 g/mol. The second-order valence-electron chi connectivity index (χ2n) is 4.26. The molecule has 1 heterocycles. The Balaban J connectivity index is 2.05. The smallest absolute Gasteiger partial charge is 0.292 e. The van der Waals surface area contributed by atoms with Crippen LogP contribution in [0.15, 0.2) is 36.5 Å². The van der Waals surface area contributed by atoms with Crippen LogP contribution in [0.3, 0.4) is 0 Å². The van der Waals surface area contributed by atoms with Gasteiger partial charge in [-0.2, -0.15) is 8.78 Å². The number of aromatic nitrogens is 3. The van der Waals surface area contributed by atoms with E-state index in [4.69, 9.17) is 0 Å². The van der Waals surface area contributed by atoms with E-state index in [-0.39, 0.29) is 5.56 Å². The van der Waals surface area contributed by atoms with Gasteiger partial charge in [0.05, 0.1) is 11.9 Å². The van der Waals surface area contributed by atoms with Crippen LogP contribution in [0.4, 0.5) is 8.78 Å². The standard InChI is InChI=1S/C13H16F2N4/c1-2-16-8-12-9-19(18-17-12)10-13(14,15)11-6-4-3-5-7-11/h3-7,9,16H,2,8,10H2,1H3. The number of rotatable bonds is 6. The van der Waals surface area contributed by atoms with Gasteiger partial charge in [0.1, 0.15) is 6.54 Å². The summed E-state index contributed by atoms with van der Waals surface area (Å²) in [4.78, 5) is 0. The predicted octanol–water partition coefficient (Wildman–Crippen LogP) is 2.18. The Kier molecular flexibility index (Phi) is 4.21. The van der Waals surface area contributed by atoms with Crippen LogP contribution in [0.5, 0.6) is 0 Å². The third-order valence-electron chi connectivity index (χ3n) is 2.70. The minimum atomic E-state index is -2.95. The Bertz CT molecular complexity index is 510. The third kappa shape index (κ3) is 3.57. The number of alkyl halides is 2. The highest BCUT2D eigenvalue weighted by Crippen LogP contribution is 2.29. The highest BCUT2D eigenvalue weighted by molar-refractivity contribution is 5.19. The first kappa shape index (κ1) is 13.6. The van der Waals surface area contributed by atoms with Crippen molar-refractivity contribution in [3.63, 3.8) is 0 Å². The minimum absolute atomic E-state index is 0.0151. The topological polar surface area (TPSA) is 42.7 Å². The average molecular weight is 266 g/mol. The van der Waals surface area contributed by atoms with Crippen molar-refractivity contribution in [2.75, 3.05) is 6.54 Å². The Morgan fingerprint density at radius 1 is 1.26 bits per heavy atom. The molecule has 0 spiro atoms. The van der Waals surface area contributed by atoms with E-state index >= 15 is 0 Å². The maximum absolute atomic E-state index is 14.0. The molecule has 1 aromatic carbocycles. The van der Waals surface area contributed by atoms with Gasteiger partial charge in [0.2, 0.25) is 0 Å². The highest BCUT2D eigenvalue weighted by atomic mass is 19.3. The number of hydrogen-bond donors (Lipinski definition) is 1. The summed E-state index contributed by atoms with van der Waals surface area (Å²) in [6.45, 7) is 2.80. The number of nitrogens with one attached hydrogen (secondary N) is 1. The fourth-order valence-electron chi connectivity index (χ4n) is 1.73. The van der Waals surface area contributed by atoms with E-state index in [2.05, 4.69) is 15.6 Å². The summed E-state index contributed by atoms with van der Waals surface area (Å²) in [6, 6.07) is 7.74. The lowest BCUT2D eigenvalue weighted by atomic mass is 10.1. The van der Waals surface area contributed by atoms with E-state index in [0.717, 1.165) is 6.54 Å². The third-order valence-corrected chi connectivity index (χ3v) is 2.70. The summed E-state index contributed by atoms with van der Waals surface area (Å²) in [5.74, 6) is -2.95. The number of hydrogen-bond acceptors (Lipinski definition) is 3.